The monoisotopic (exact) mass is 253 g/mol. The normalized spacial score (nSPS) is 11.0. The molecule has 2 N–H and O–H groups in total. The van der Waals surface area contributed by atoms with E-state index in [1.54, 1.807) is 13.2 Å². The molecular weight excluding hydrogens is 237 g/mol. The van der Waals surface area contributed by atoms with Crippen LogP contribution in [0, 0.1) is 5.82 Å². The van der Waals surface area contributed by atoms with E-state index < -0.39 is 0 Å². The fourth-order valence-electron chi connectivity index (χ4n) is 1.49. The van der Waals surface area contributed by atoms with Crippen LogP contribution in [0.15, 0.2) is 18.3 Å². The fourth-order valence-corrected chi connectivity index (χ4v) is 1.49. The van der Waals surface area contributed by atoms with Crippen molar-refractivity contribution in [2.24, 2.45) is 0 Å². The molecule has 0 spiro atoms. The van der Waals surface area contributed by atoms with Crippen molar-refractivity contribution < 1.29 is 9.13 Å². The Kier molecular flexibility index (Phi) is 4.43. The molecule has 2 aromatic heterocycles. The van der Waals surface area contributed by atoms with Crippen molar-refractivity contribution in [2.75, 3.05) is 38.7 Å². The maximum atomic E-state index is 12.9. The summed E-state index contributed by atoms with van der Waals surface area (Å²) in [7, 11) is 1.67. The van der Waals surface area contributed by atoms with Gasteiger partial charge in [0.05, 0.1) is 12.8 Å². The first-order chi connectivity index (χ1) is 8.79. The first-order valence-electron chi connectivity index (χ1n) is 5.75. The van der Waals surface area contributed by atoms with Crippen LogP contribution in [0.25, 0.3) is 5.65 Å². The molecule has 2 rings (SSSR count). The number of pyridine rings is 1. The topological polar surface area (TPSA) is 63.5 Å². The minimum absolute atomic E-state index is 0.333. The Morgan fingerprint density at radius 2 is 2.22 bits per heavy atom. The molecule has 0 aliphatic heterocycles. The van der Waals surface area contributed by atoms with E-state index in [1.165, 1.54) is 16.8 Å². The van der Waals surface area contributed by atoms with Crippen LogP contribution in [0.2, 0.25) is 0 Å². The number of nitrogens with zero attached hydrogens (tertiary/aromatic N) is 3. The van der Waals surface area contributed by atoms with Gasteiger partial charge in [-0.25, -0.2) is 8.91 Å². The van der Waals surface area contributed by atoms with Crippen molar-refractivity contribution in [1.82, 2.24) is 19.9 Å². The highest BCUT2D eigenvalue weighted by Crippen LogP contribution is 2.06. The number of fused-ring (bicyclic) bond motifs is 1. The molecule has 0 radical (unpaired) electrons. The molecule has 0 aliphatic rings. The number of nitrogens with one attached hydrogen (secondary N) is 2. The summed E-state index contributed by atoms with van der Waals surface area (Å²) >= 11 is 0. The van der Waals surface area contributed by atoms with Gasteiger partial charge in [-0.1, -0.05) is 0 Å². The van der Waals surface area contributed by atoms with Crippen LogP contribution < -0.4 is 10.6 Å². The summed E-state index contributed by atoms with van der Waals surface area (Å²) in [6, 6.07) is 2.95. The summed E-state index contributed by atoms with van der Waals surface area (Å²) in [6.07, 6.45) is 1.30. The van der Waals surface area contributed by atoms with Gasteiger partial charge in [0, 0.05) is 26.7 Å². The molecule has 6 nitrogen and oxygen atoms in total. The number of anilines is 1. The summed E-state index contributed by atoms with van der Waals surface area (Å²) in [4.78, 5) is 4.21. The highest BCUT2D eigenvalue weighted by atomic mass is 19.1. The van der Waals surface area contributed by atoms with E-state index in [9.17, 15) is 4.39 Å². The van der Waals surface area contributed by atoms with Gasteiger partial charge in [-0.05, 0) is 12.1 Å². The van der Waals surface area contributed by atoms with Gasteiger partial charge < -0.3 is 15.4 Å². The maximum Gasteiger partial charge on any atom is 0.243 e. The lowest BCUT2D eigenvalue weighted by Crippen LogP contribution is -2.25. The molecule has 0 bridgehead atoms. The van der Waals surface area contributed by atoms with Crippen LogP contribution in [-0.4, -0.2) is 47.9 Å². The zero-order valence-electron chi connectivity index (χ0n) is 10.2. The minimum atomic E-state index is -0.333. The first-order valence-corrected chi connectivity index (χ1v) is 5.75. The van der Waals surface area contributed by atoms with E-state index in [2.05, 4.69) is 20.7 Å². The van der Waals surface area contributed by atoms with Crippen molar-refractivity contribution in [3.05, 3.63) is 24.1 Å². The highest BCUT2D eigenvalue weighted by molar-refractivity contribution is 5.42. The van der Waals surface area contributed by atoms with Gasteiger partial charge in [0.25, 0.3) is 0 Å². The number of ether oxygens (including phenoxy) is 1. The van der Waals surface area contributed by atoms with E-state index in [1.807, 2.05) is 0 Å². The highest BCUT2D eigenvalue weighted by Gasteiger charge is 2.02. The quantitative estimate of drug-likeness (QED) is 0.704. The summed E-state index contributed by atoms with van der Waals surface area (Å²) in [5.74, 6) is 0.161. The van der Waals surface area contributed by atoms with E-state index >= 15 is 0 Å². The Morgan fingerprint density at radius 1 is 1.33 bits per heavy atom. The molecule has 0 unspecified atom stereocenters. The second kappa shape index (κ2) is 6.27. The van der Waals surface area contributed by atoms with Gasteiger partial charge in [-0.2, -0.15) is 4.98 Å². The Hall–Kier alpha value is -1.73. The van der Waals surface area contributed by atoms with Crippen LogP contribution in [-0.2, 0) is 4.74 Å². The molecule has 2 heterocycles. The molecule has 18 heavy (non-hydrogen) atoms. The maximum absolute atomic E-state index is 12.9. The third-order valence-corrected chi connectivity index (χ3v) is 2.36. The zero-order valence-corrected chi connectivity index (χ0v) is 10.2. The standard InChI is InChI=1S/C11H16FN5O/c1-18-7-6-13-4-5-14-11-15-10-3-2-9(12)8-17(10)16-11/h2-3,8,13H,4-7H2,1H3,(H,14,16). The second-order valence-corrected chi connectivity index (χ2v) is 3.76. The van der Waals surface area contributed by atoms with Gasteiger partial charge in [0.2, 0.25) is 5.95 Å². The van der Waals surface area contributed by atoms with Gasteiger partial charge in [-0.15, -0.1) is 5.10 Å². The van der Waals surface area contributed by atoms with Gasteiger partial charge >= 0.3 is 0 Å². The van der Waals surface area contributed by atoms with Crippen molar-refractivity contribution in [3.8, 4) is 0 Å². The van der Waals surface area contributed by atoms with E-state index in [0.717, 1.165) is 13.1 Å². The van der Waals surface area contributed by atoms with E-state index in [-0.39, 0.29) is 5.82 Å². The predicted octanol–water partition coefficient (Wildman–Crippen LogP) is 0.516. The molecule has 0 atom stereocenters. The molecule has 98 valence electrons. The van der Waals surface area contributed by atoms with Crippen molar-refractivity contribution >= 4 is 11.6 Å². The lowest BCUT2D eigenvalue weighted by Gasteiger charge is -2.03. The number of hydrogen-bond acceptors (Lipinski definition) is 5. The van der Waals surface area contributed by atoms with Crippen LogP contribution in [0.1, 0.15) is 0 Å². The number of methoxy groups -OCH3 is 1. The molecule has 2 aromatic rings. The van der Waals surface area contributed by atoms with Crippen molar-refractivity contribution in [2.45, 2.75) is 0 Å². The summed E-state index contributed by atoms with van der Waals surface area (Å²) in [6.45, 7) is 2.98. The molecule has 0 aliphatic carbocycles. The fraction of sp³-hybridized carbons (Fsp3) is 0.455. The van der Waals surface area contributed by atoms with Crippen LogP contribution in [0.5, 0.6) is 0 Å². The molecule has 0 amide bonds. The molecule has 0 saturated carbocycles. The average molecular weight is 253 g/mol. The Labute approximate surface area is 104 Å². The third kappa shape index (κ3) is 3.38. The van der Waals surface area contributed by atoms with E-state index in [0.29, 0.717) is 24.7 Å². The summed E-state index contributed by atoms with van der Waals surface area (Å²) < 4.78 is 19.3. The number of aromatic nitrogens is 3. The van der Waals surface area contributed by atoms with Crippen LogP contribution >= 0.6 is 0 Å². The van der Waals surface area contributed by atoms with Gasteiger partial charge in [0.15, 0.2) is 5.65 Å². The Morgan fingerprint density at radius 3 is 3.06 bits per heavy atom. The average Bonchev–Trinajstić information content (AvgIpc) is 2.75. The predicted molar refractivity (Wildman–Crippen MR) is 66.2 cm³/mol. The van der Waals surface area contributed by atoms with Crippen LogP contribution in [0.3, 0.4) is 0 Å². The largest absolute Gasteiger partial charge is 0.383 e. The second-order valence-electron chi connectivity index (χ2n) is 3.76. The lowest BCUT2D eigenvalue weighted by atomic mass is 10.5. The lowest BCUT2D eigenvalue weighted by molar-refractivity contribution is 0.200. The number of rotatable bonds is 7. The SMILES string of the molecule is COCCNCCNc1nc2ccc(F)cn2n1. The summed E-state index contributed by atoms with van der Waals surface area (Å²) in [5.41, 5.74) is 0.617. The minimum Gasteiger partial charge on any atom is -0.383 e. The Balaban J connectivity index is 1.81. The zero-order chi connectivity index (χ0) is 12.8. The number of halogens is 1. The smallest absolute Gasteiger partial charge is 0.243 e. The third-order valence-electron chi connectivity index (χ3n) is 2.36. The van der Waals surface area contributed by atoms with Crippen molar-refractivity contribution in [3.63, 3.8) is 0 Å². The van der Waals surface area contributed by atoms with Crippen LogP contribution in [0.4, 0.5) is 10.3 Å². The molecule has 0 aromatic carbocycles. The molecule has 0 saturated heterocycles. The van der Waals surface area contributed by atoms with Gasteiger partial charge in [-0.3, -0.25) is 0 Å². The Bertz CT molecular complexity index is 501. The summed E-state index contributed by atoms with van der Waals surface area (Å²) in [5, 5.41) is 10.4. The number of hydrogen-bond donors (Lipinski definition) is 2. The van der Waals surface area contributed by atoms with Gasteiger partial charge in [0.1, 0.15) is 5.82 Å². The molecular formula is C11H16FN5O. The molecule has 7 heteroatoms. The molecule has 0 fully saturated rings. The van der Waals surface area contributed by atoms with Crippen molar-refractivity contribution in [1.29, 1.82) is 0 Å². The van der Waals surface area contributed by atoms with E-state index in [4.69, 9.17) is 4.74 Å². The first kappa shape index (κ1) is 12.7.